The number of benzene rings is 2. The van der Waals surface area contributed by atoms with E-state index >= 15 is 0 Å². The van der Waals surface area contributed by atoms with E-state index in [4.69, 9.17) is 9.15 Å². The number of hydrogen-bond donors (Lipinski definition) is 0. The lowest BCUT2D eigenvalue weighted by atomic mass is 10.1. The van der Waals surface area contributed by atoms with E-state index in [1.807, 2.05) is 0 Å². The molecule has 0 amide bonds. The third-order valence-corrected chi connectivity index (χ3v) is 3.08. The smallest absolute Gasteiger partial charge is 0.197 e. The van der Waals surface area contributed by atoms with Crippen LogP contribution in [0.2, 0.25) is 0 Å². The van der Waals surface area contributed by atoms with E-state index in [1.54, 1.807) is 36.4 Å². The molecule has 4 heteroatoms. The Bertz CT molecular complexity index is 836. The minimum Gasteiger partial charge on any atom is -0.496 e. The SMILES string of the molecule is COc1cccc2oc(-c3ccccc3F)cc(=O)c12. The van der Waals surface area contributed by atoms with Gasteiger partial charge in [0.25, 0.3) is 0 Å². The van der Waals surface area contributed by atoms with Gasteiger partial charge in [0.15, 0.2) is 5.43 Å². The van der Waals surface area contributed by atoms with E-state index in [2.05, 4.69) is 0 Å². The molecule has 0 unspecified atom stereocenters. The Labute approximate surface area is 114 Å². The van der Waals surface area contributed by atoms with Crippen LogP contribution in [-0.4, -0.2) is 7.11 Å². The highest BCUT2D eigenvalue weighted by molar-refractivity contribution is 5.84. The van der Waals surface area contributed by atoms with E-state index in [-0.39, 0.29) is 16.8 Å². The van der Waals surface area contributed by atoms with Crippen LogP contribution < -0.4 is 10.2 Å². The zero-order chi connectivity index (χ0) is 14.1. The fourth-order valence-electron chi connectivity index (χ4n) is 2.14. The molecule has 20 heavy (non-hydrogen) atoms. The van der Waals surface area contributed by atoms with Crippen molar-refractivity contribution in [3.8, 4) is 17.1 Å². The molecule has 0 atom stereocenters. The van der Waals surface area contributed by atoms with Gasteiger partial charge in [0.1, 0.15) is 28.3 Å². The second-order valence-electron chi connectivity index (χ2n) is 4.29. The zero-order valence-electron chi connectivity index (χ0n) is 10.7. The molecule has 3 nitrogen and oxygen atoms in total. The molecule has 0 saturated heterocycles. The Morgan fingerprint density at radius 3 is 2.65 bits per heavy atom. The van der Waals surface area contributed by atoms with Crippen molar-refractivity contribution in [2.45, 2.75) is 0 Å². The molecular formula is C16H11FO3. The van der Waals surface area contributed by atoms with E-state index in [9.17, 15) is 9.18 Å². The summed E-state index contributed by atoms with van der Waals surface area (Å²) >= 11 is 0. The summed E-state index contributed by atoms with van der Waals surface area (Å²) < 4.78 is 24.5. The average Bonchev–Trinajstić information content (AvgIpc) is 2.46. The number of rotatable bonds is 2. The Morgan fingerprint density at radius 2 is 1.90 bits per heavy atom. The first-order valence-electron chi connectivity index (χ1n) is 6.06. The summed E-state index contributed by atoms with van der Waals surface area (Å²) in [6, 6.07) is 12.5. The third-order valence-electron chi connectivity index (χ3n) is 3.08. The van der Waals surface area contributed by atoms with Gasteiger partial charge in [0.2, 0.25) is 0 Å². The average molecular weight is 270 g/mol. The van der Waals surface area contributed by atoms with Gasteiger partial charge in [0, 0.05) is 6.07 Å². The van der Waals surface area contributed by atoms with Crippen molar-refractivity contribution in [1.82, 2.24) is 0 Å². The standard InChI is InChI=1S/C16H11FO3/c1-19-13-7-4-8-14-16(13)12(18)9-15(20-14)10-5-2-3-6-11(10)17/h2-9H,1H3. The molecule has 3 aromatic rings. The fourth-order valence-corrected chi connectivity index (χ4v) is 2.14. The summed E-state index contributed by atoms with van der Waals surface area (Å²) in [7, 11) is 1.49. The molecule has 0 bridgehead atoms. The van der Waals surface area contributed by atoms with Crippen molar-refractivity contribution in [2.24, 2.45) is 0 Å². The lowest BCUT2D eigenvalue weighted by molar-refractivity contribution is 0.418. The maximum atomic E-state index is 13.8. The van der Waals surface area contributed by atoms with Gasteiger partial charge in [-0.2, -0.15) is 0 Å². The summed E-state index contributed by atoms with van der Waals surface area (Å²) in [5.41, 5.74) is 0.367. The van der Waals surface area contributed by atoms with E-state index < -0.39 is 5.82 Å². The summed E-state index contributed by atoms with van der Waals surface area (Å²) in [6.07, 6.45) is 0. The first-order valence-corrected chi connectivity index (χ1v) is 6.06. The van der Waals surface area contributed by atoms with Gasteiger partial charge in [-0.3, -0.25) is 4.79 Å². The van der Waals surface area contributed by atoms with Crippen molar-refractivity contribution in [3.63, 3.8) is 0 Å². The highest BCUT2D eigenvalue weighted by atomic mass is 19.1. The van der Waals surface area contributed by atoms with Crippen molar-refractivity contribution in [3.05, 3.63) is 64.6 Å². The molecule has 1 aromatic heterocycles. The van der Waals surface area contributed by atoms with Crippen LogP contribution in [0.3, 0.4) is 0 Å². The summed E-state index contributed by atoms with van der Waals surface area (Å²) in [4.78, 5) is 12.2. The minimum atomic E-state index is -0.433. The van der Waals surface area contributed by atoms with Gasteiger partial charge < -0.3 is 9.15 Å². The van der Waals surface area contributed by atoms with E-state index in [1.165, 1.54) is 19.2 Å². The lowest BCUT2D eigenvalue weighted by Gasteiger charge is -2.06. The Hall–Kier alpha value is -2.62. The van der Waals surface area contributed by atoms with Crippen LogP contribution in [0.15, 0.2) is 57.7 Å². The van der Waals surface area contributed by atoms with E-state index in [0.717, 1.165) is 0 Å². The number of hydrogen-bond acceptors (Lipinski definition) is 3. The van der Waals surface area contributed by atoms with Crippen LogP contribution in [0, 0.1) is 5.82 Å². The first-order chi connectivity index (χ1) is 9.70. The normalized spacial score (nSPS) is 10.7. The van der Waals surface area contributed by atoms with Crippen LogP contribution in [-0.2, 0) is 0 Å². The number of halogens is 1. The maximum Gasteiger partial charge on any atom is 0.197 e. The number of ether oxygens (including phenoxy) is 1. The van der Waals surface area contributed by atoms with Crippen LogP contribution >= 0.6 is 0 Å². The second-order valence-corrected chi connectivity index (χ2v) is 4.29. The Kier molecular flexibility index (Phi) is 2.99. The molecule has 0 aliphatic heterocycles. The molecule has 0 saturated carbocycles. The van der Waals surface area contributed by atoms with Crippen molar-refractivity contribution >= 4 is 11.0 Å². The van der Waals surface area contributed by atoms with Gasteiger partial charge in [-0.15, -0.1) is 0 Å². The Balaban J connectivity index is 2.32. The molecule has 100 valence electrons. The molecule has 0 aliphatic carbocycles. The molecular weight excluding hydrogens is 259 g/mol. The van der Waals surface area contributed by atoms with Crippen molar-refractivity contribution in [2.75, 3.05) is 7.11 Å². The van der Waals surface area contributed by atoms with Gasteiger partial charge in [-0.25, -0.2) is 4.39 Å². The predicted octanol–water partition coefficient (Wildman–Crippen LogP) is 3.61. The Morgan fingerprint density at radius 1 is 1.10 bits per heavy atom. The quantitative estimate of drug-likeness (QED) is 0.714. The van der Waals surface area contributed by atoms with Crippen molar-refractivity contribution in [1.29, 1.82) is 0 Å². The monoisotopic (exact) mass is 270 g/mol. The molecule has 0 N–H and O–H groups in total. The van der Waals surface area contributed by atoms with Crippen molar-refractivity contribution < 1.29 is 13.5 Å². The van der Waals surface area contributed by atoms with Gasteiger partial charge in [-0.05, 0) is 24.3 Å². The van der Waals surface area contributed by atoms with E-state index in [0.29, 0.717) is 16.7 Å². The van der Waals surface area contributed by atoms with Gasteiger partial charge in [0.05, 0.1) is 12.7 Å². The van der Waals surface area contributed by atoms with Gasteiger partial charge >= 0.3 is 0 Å². The topological polar surface area (TPSA) is 39.4 Å². The summed E-state index contributed by atoms with van der Waals surface area (Å²) in [6.45, 7) is 0. The molecule has 3 rings (SSSR count). The first kappa shape index (κ1) is 12.4. The lowest BCUT2D eigenvalue weighted by Crippen LogP contribution is -2.03. The number of methoxy groups -OCH3 is 1. The fraction of sp³-hybridized carbons (Fsp3) is 0.0625. The maximum absolute atomic E-state index is 13.8. The molecule has 2 aromatic carbocycles. The summed E-state index contributed by atoms with van der Waals surface area (Å²) in [5.74, 6) is 0.211. The highest BCUT2D eigenvalue weighted by Gasteiger charge is 2.12. The zero-order valence-corrected chi connectivity index (χ0v) is 10.7. The van der Waals surface area contributed by atoms with Crippen LogP contribution in [0.4, 0.5) is 4.39 Å². The molecule has 0 radical (unpaired) electrons. The molecule has 1 heterocycles. The highest BCUT2D eigenvalue weighted by Crippen LogP contribution is 2.28. The largest absolute Gasteiger partial charge is 0.496 e. The molecule has 0 fully saturated rings. The summed E-state index contributed by atoms with van der Waals surface area (Å²) in [5, 5.41) is 0.357. The third kappa shape index (κ3) is 1.95. The predicted molar refractivity (Wildman–Crippen MR) is 74.4 cm³/mol. The molecule has 0 aliphatic rings. The molecule has 0 spiro atoms. The van der Waals surface area contributed by atoms with Crippen LogP contribution in [0.1, 0.15) is 0 Å². The number of fused-ring (bicyclic) bond motifs is 1. The van der Waals surface area contributed by atoms with Crippen LogP contribution in [0.25, 0.3) is 22.3 Å². The minimum absolute atomic E-state index is 0.203. The van der Waals surface area contributed by atoms with Gasteiger partial charge in [-0.1, -0.05) is 18.2 Å². The second kappa shape index (κ2) is 4.81. The van der Waals surface area contributed by atoms with Crippen LogP contribution in [0.5, 0.6) is 5.75 Å².